The molecular weight excluding hydrogens is 204 g/mol. The summed E-state index contributed by atoms with van der Waals surface area (Å²) in [5.74, 6) is 0.0494. The van der Waals surface area contributed by atoms with Crippen molar-refractivity contribution in [3.8, 4) is 0 Å². The van der Waals surface area contributed by atoms with Crippen molar-refractivity contribution < 1.29 is 9.63 Å². The quantitative estimate of drug-likeness (QED) is 0.319. The Kier molecular flexibility index (Phi) is 11.1. The summed E-state index contributed by atoms with van der Waals surface area (Å²) in [5.41, 5.74) is 2.79. The van der Waals surface area contributed by atoms with Crippen LogP contribution in [0.15, 0.2) is 25.3 Å². The lowest BCUT2D eigenvalue weighted by Gasteiger charge is -2.06. The van der Waals surface area contributed by atoms with Gasteiger partial charge in [0, 0.05) is 19.5 Å². The molecule has 0 rings (SSSR count). The predicted octanol–water partition coefficient (Wildman–Crippen LogP) is 1.56. The lowest BCUT2D eigenvalue weighted by molar-refractivity contribution is -0.121. The van der Waals surface area contributed by atoms with E-state index in [1.54, 1.807) is 6.08 Å². The summed E-state index contributed by atoms with van der Waals surface area (Å²) < 4.78 is 0. The Morgan fingerprint density at radius 2 is 1.94 bits per heavy atom. The average Bonchev–Trinajstić information content (AvgIpc) is 2.30. The van der Waals surface area contributed by atoms with Crippen LogP contribution in [0.1, 0.15) is 25.7 Å². The van der Waals surface area contributed by atoms with Gasteiger partial charge in [-0.3, -0.25) is 4.79 Å². The van der Waals surface area contributed by atoms with Crippen LogP contribution < -0.4 is 10.8 Å². The highest BCUT2D eigenvalue weighted by Gasteiger charge is 1.97. The molecule has 1 amide bonds. The van der Waals surface area contributed by atoms with E-state index in [9.17, 15) is 4.79 Å². The topological polar surface area (TPSA) is 50.4 Å². The zero-order chi connectivity index (χ0) is 12.1. The fraction of sp³-hybridized carbons (Fsp3) is 0.583. The summed E-state index contributed by atoms with van der Waals surface area (Å²) >= 11 is 0. The zero-order valence-corrected chi connectivity index (χ0v) is 9.84. The number of amides is 1. The minimum absolute atomic E-state index is 0.0494. The van der Waals surface area contributed by atoms with E-state index < -0.39 is 0 Å². The van der Waals surface area contributed by atoms with Crippen LogP contribution in [0.2, 0.25) is 0 Å². The van der Waals surface area contributed by atoms with Gasteiger partial charge in [-0.2, -0.15) is 0 Å². The van der Waals surface area contributed by atoms with Gasteiger partial charge in [0.15, 0.2) is 0 Å². The highest BCUT2D eigenvalue weighted by Crippen LogP contribution is 1.88. The molecule has 0 fully saturated rings. The minimum atomic E-state index is 0.0494. The van der Waals surface area contributed by atoms with Crippen molar-refractivity contribution >= 4 is 5.91 Å². The van der Waals surface area contributed by atoms with Gasteiger partial charge in [0.1, 0.15) is 0 Å². The van der Waals surface area contributed by atoms with Crippen molar-refractivity contribution in [3.63, 3.8) is 0 Å². The first-order valence-corrected chi connectivity index (χ1v) is 5.64. The molecule has 0 saturated carbocycles. The van der Waals surface area contributed by atoms with Gasteiger partial charge in [-0.1, -0.05) is 12.2 Å². The van der Waals surface area contributed by atoms with Gasteiger partial charge < -0.3 is 10.2 Å². The van der Waals surface area contributed by atoms with Gasteiger partial charge in [0.05, 0.1) is 6.61 Å². The molecule has 4 heteroatoms. The lowest BCUT2D eigenvalue weighted by atomic mass is 10.3. The second kappa shape index (κ2) is 11.9. The maximum Gasteiger partial charge on any atom is 0.220 e. The first-order valence-electron chi connectivity index (χ1n) is 5.64. The van der Waals surface area contributed by atoms with Crippen molar-refractivity contribution in [1.82, 2.24) is 10.8 Å². The smallest absolute Gasteiger partial charge is 0.220 e. The standard InChI is InChI=1S/C12H22N2O2/c1-3-5-7-11-16-14-10-9-13-12(15)8-6-4-2/h3-4,14H,1-2,5-11H2,(H,13,15). The molecule has 0 saturated heterocycles. The number of hydrogen-bond acceptors (Lipinski definition) is 3. The van der Waals surface area contributed by atoms with Crippen molar-refractivity contribution in [3.05, 3.63) is 25.3 Å². The largest absolute Gasteiger partial charge is 0.355 e. The van der Waals surface area contributed by atoms with Crippen molar-refractivity contribution in [2.75, 3.05) is 19.7 Å². The number of rotatable bonds is 11. The van der Waals surface area contributed by atoms with Crippen LogP contribution in [-0.4, -0.2) is 25.6 Å². The Morgan fingerprint density at radius 3 is 2.62 bits per heavy atom. The van der Waals surface area contributed by atoms with Crippen LogP contribution >= 0.6 is 0 Å². The number of hydrogen-bond donors (Lipinski definition) is 2. The van der Waals surface area contributed by atoms with Gasteiger partial charge >= 0.3 is 0 Å². The molecule has 92 valence electrons. The second-order valence-electron chi connectivity index (χ2n) is 3.35. The Morgan fingerprint density at radius 1 is 1.19 bits per heavy atom. The maximum absolute atomic E-state index is 11.1. The summed E-state index contributed by atoms with van der Waals surface area (Å²) in [6, 6.07) is 0. The van der Waals surface area contributed by atoms with Crippen LogP contribution in [0.5, 0.6) is 0 Å². The number of hydroxylamine groups is 1. The number of carbonyl (C=O) groups excluding carboxylic acids is 1. The summed E-state index contributed by atoms with van der Waals surface area (Å²) in [4.78, 5) is 16.3. The second-order valence-corrected chi connectivity index (χ2v) is 3.35. The molecule has 0 aliphatic carbocycles. The van der Waals surface area contributed by atoms with E-state index >= 15 is 0 Å². The summed E-state index contributed by atoms with van der Waals surface area (Å²) in [6.07, 6.45) is 6.74. The van der Waals surface area contributed by atoms with Crippen LogP contribution in [0.3, 0.4) is 0 Å². The Hall–Kier alpha value is -1.13. The molecule has 2 N–H and O–H groups in total. The zero-order valence-electron chi connectivity index (χ0n) is 9.84. The van der Waals surface area contributed by atoms with Crippen LogP contribution in [0, 0.1) is 0 Å². The Bertz CT molecular complexity index is 205. The Labute approximate surface area is 97.7 Å². The first kappa shape index (κ1) is 14.9. The summed E-state index contributed by atoms with van der Waals surface area (Å²) in [7, 11) is 0. The predicted molar refractivity (Wildman–Crippen MR) is 65.8 cm³/mol. The van der Waals surface area contributed by atoms with Gasteiger partial charge in [-0.25, -0.2) is 5.48 Å². The third kappa shape index (κ3) is 10.9. The van der Waals surface area contributed by atoms with E-state index in [-0.39, 0.29) is 5.91 Å². The lowest BCUT2D eigenvalue weighted by Crippen LogP contribution is -2.31. The fourth-order valence-corrected chi connectivity index (χ4v) is 1.02. The molecule has 0 aromatic rings. The molecule has 16 heavy (non-hydrogen) atoms. The highest BCUT2D eigenvalue weighted by atomic mass is 16.6. The normalized spacial score (nSPS) is 9.75. The number of nitrogens with one attached hydrogen (secondary N) is 2. The van der Waals surface area contributed by atoms with E-state index in [1.807, 2.05) is 6.08 Å². The SMILES string of the molecule is C=CCCCONCCNC(=O)CCC=C. The van der Waals surface area contributed by atoms with E-state index in [0.29, 0.717) is 26.1 Å². The molecule has 0 bridgehead atoms. The maximum atomic E-state index is 11.1. The number of allylic oxidation sites excluding steroid dienone is 2. The van der Waals surface area contributed by atoms with Gasteiger partial charge in [-0.15, -0.1) is 13.2 Å². The van der Waals surface area contributed by atoms with Crippen molar-refractivity contribution in [2.45, 2.75) is 25.7 Å². The van der Waals surface area contributed by atoms with Crippen LogP contribution in [0.4, 0.5) is 0 Å². The van der Waals surface area contributed by atoms with E-state index in [1.165, 1.54) is 0 Å². The average molecular weight is 226 g/mol. The third-order valence-corrected chi connectivity index (χ3v) is 1.88. The van der Waals surface area contributed by atoms with Crippen LogP contribution in [0.25, 0.3) is 0 Å². The third-order valence-electron chi connectivity index (χ3n) is 1.88. The molecule has 0 aliphatic heterocycles. The van der Waals surface area contributed by atoms with Gasteiger partial charge in [0.25, 0.3) is 0 Å². The summed E-state index contributed by atoms with van der Waals surface area (Å²) in [5, 5.41) is 2.77. The number of carbonyl (C=O) groups is 1. The van der Waals surface area contributed by atoms with E-state index in [2.05, 4.69) is 24.0 Å². The van der Waals surface area contributed by atoms with E-state index in [4.69, 9.17) is 4.84 Å². The van der Waals surface area contributed by atoms with Crippen molar-refractivity contribution in [2.24, 2.45) is 0 Å². The molecule has 0 radical (unpaired) electrons. The van der Waals surface area contributed by atoms with Crippen molar-refractivity contribution in [1.29, 1.82) is 0 Å². The monoisotopic (exact) mass is 226 g/mol. The molecule has 0 unspecified atom stereocenters. The summed E-state index contributed by atoms with van der Waals surface area (Å²) in [6.45, 7) is 9.04. The van der Waals surface area contributed by atoms with Crippen LogP contribution in [-0.2, 0) is 9.63 Å². The fourth-order valence-electron chi connectivity index (χ4n) is 1.02. The molecule has 0 spiro atoms. The van der Waals surface area contributed by atoms with Gasteiger partial charge in [-0.05, 0) is 19.3 Å². The first-order chi connectivity index (χ1) is 7.81. The van der Waals surface area contributed by atoms with E-state index in [0.717, 1.165) is 19.3 Å². The number of unbranched alkanes of at least 4 members (excludes halogenated alkanes) is 1. The molecule has 0 heterocycles. The molecular formula is C12H22N2O2. The highest BCUT2D eigenvalue weighted by molar-refractivity contribution is 5.75. The molecule has 0 aromatic heterocycles. The molecule has 0 aliphatic rings. The molecule has 4 nitrogen and oxygen atoms in total. The van der Waals surface area contributed by atoms with Gasteiger partial charge in [0.2, 0.25) is 5.91 Å². The Balaban J connectivity index is 3.11. The minimum Gasteiger partial charge on any atom is -0.355 e. The molecule has 0 aromatic carbocycles. The molecule has 0 atom stereocenters.